The van der Waals surface area contributed by atoms with E-state index in [1.807, 2.05) is 18.2 Å². The van der Waals surface area contributed by atoms with Gasteiger partial charge in [-0.1, -0.05) is 24.3 Å². The maximum absolute atomic E-state index is 12.0. The molecule has 2 aromatic carbocycles. The van der Waals surface area contributed by atoms with Crippen molar-refractivity contribution in [3.8, 4) is 0 Å². The van der Waals surface area contributed by atoms with Gasteiger partial charge in [0, 0.05) is 38.1 Å². The molecule has 0 unspecified atom stereocenters. The van der Waals surface area contributed by atoms with E-state index >= 15 is 0 Å². The van der Waals surface area contributed by atoms with E-state index < -0.39 is 10.2 Å². The molecule has 0 aromatic heterocycles. The van der Waals surface area contributed by atoms with Crippen molar-refractivity contribution >= 4 is 27.0 Å². The Morgan fingerprint density at radius 1 is 1.08 bits per heavy atom. The van der Waals surface area contributed by atoms with Gasteiger partial charge in [-0.05, 0) is 22.6 Å². The molecular formula is C17H19N3O4S. The van der Waals surface area contributed by atoms with Crippen molar-refractivity contribution in [1.82, 2.24) is 9.21 Å². The molecule has 132 valence electrons. The molecule has 8 heteroatoms. The molecule has 2 aliphatic rings. The van der Waals surface area contributed by atoms with Gasteiger partial charge >= 0.3 is 5.97 Å². The quantitative estimate of drug-likeness (QED) is 0.818. The Morgan fingerprint density at radius 2 is 1.84 bits per heavy atom. The lowest BCUT2D eigenvalue weighted by Gasteiger charge is -2.33. The Morgan fingerprint density at radius 3 is 2.56 bits per heavy atom. The van der Waals surface area contributed by atoms with Gasteiger partial charge in [0.15, 0.2) is 0 Å². The normalized spacial score (nSPS) is 19.2. The SMILES string of the molecule is NS(=O)(=O)N1CCN(Cc2ccc3c4c(cccc24)C(=O)OC3)CC1. The number of rotatable bonds is 3. The van der Waals surface area contributed by atoms with E-state index in [0.29, 0.717) is 44.9 Å². The molecule has 0 atom stereocenters. The van der Waals surface area contributed by atoms with Crippen molar-refractivity contribution in [3.05, 3.63) is 47.0 Å². The average molecular weight is 361 g/mol. The van der Waals surface area contributed by atoms with Gasteiger partial charge in [-0.15, -0.1) is 0 Å². The van der Waals surface area contributed by atoms with Crippen molar-refractivity contribution in [2.75, 3.05) is 26.2 Å². The molecule has 0 saturated carbocycles. The van der Waals surface area contributed by atoms with E-state index in [9.17, 15) is 13.2 Å². The van der Waals surface area contributed by atoms with Crippen molar-refractivity contribution in [1.29, 1.82) is 0 Å². The average Bonchev–Trinajstić information content (AvgIpc) is 2.59. The van der Waals surface area contributed by atoms with Gasteiger partial charge in [-0.25, -0.2) is 9.93 Å². The van der Waals surface area contributed by atoms with Gasteiger partial charge in [0.25, 0.3) is 10.2 Å². The highest BCUT2D eigenvalue weighted by Crippen LogP contribution is 2.31. The smallest absolute Gasteiger partial charge is 0.339 e. The Bertz CT molecular complexity index is 950. The third-order valence-electron chi connectivity index (χ3n) is 4.88. The molecule has 0 spiro atoms. The third kappa shape index (κ3) is 3.02. The molecule has 1 fully saturated rings. The number of carbonyl (C=O) groups excluding carboxylic acids is 1. The van der Waals surface area contributed by atoms with Crippen LogP contribution in [0.3, 0.4) is 0 Å². The van der Waals surface area contributed by atoms with E-state index in [1.54, 1.807) is 6.07 Å². The molecule has 2 heterocycles. The summed E-state index contributed by atoms with van der Waals surface area (Å²) in [6.07, 6.45) is 0. The first kappa shape index (κ1) is 16.5. The van der Waals surface area contributed by atoms with Crippen LogP contribution in [0.4, 0.5) is 0 Å². The lowest BCUT2D eigenvalue weighted by Crippen LogP contribution is -2.50. The van der Waals surface area contributed by atoms with Crippen LogP contribution in [0.2, 0.25) is 0 Å². The summed E-state index contributed by atoms with van der Waals surface area (Å²) >= 11 is 0. The van der Waals surface area contributed by atoms with E-state index in [4.69, 9.17) is 9.88 Å². The molecule has 0 amide bonds. The summed E-state index contributed by atoms with van der Waals surface area (Å²) in [5.74, 6) is -0.281. The topological polar surface area (TPSA) is 92.9 Å². The van der Waals surface area contributed by atoms with Crippen LogP contribution in [0.25, 0.3) is 10.8 Å². The highest BCUT2D eigenvalue weighted by atomic mass is 32.2. The zero-order chi connectivity index (χ0) is 17.6. The van der Waals surface area contributed by atoms with Crippen molar-refractivity contribution < 1.29 is 17.9 Å². The summed E-state index contributed by atoms with van der Waals surface area (Å²) in [5, 5.41) is 7.21. The number of nitrogens with two attached hydrogens (primary N) is 1. The van der Waals surface area contributed by atoms with E-state index in [-0.39, 0.29) is 5.97 Å². The fraction of sp³-hybridized carbons (Fsp3) is 0.353. The van der Waals surface area contributed by atoms with Crippen LogP contribution in [-0.4, -0.2) is 49.8 Å². The van der Waals surface area contributed by atoms with Crippen LogP contribution in [0.15, 0.2) is 30.3 Å². The van der Waals surface area contributed by atoms with E-state index in [2.05, 4.69) is 11.0 Å². The van der Waals surface area contributed by atoms with Crippen molar-refractivity contribution in [3.63, 3.8) is 0 Å². The molecule has 2 N–H and O–H groups in total. The monoisotopic (exact) mass is 361 g/mol. The van der Waals surface area contributed by atoms with Crippen LogP contribution < -0.4 is 5.14 Å². The summed E-state index contributed by atoms with van der Waals surface area (Å²) in [6.45, 7) is 3.05. The number of nitrogens with zero attached hydrogens (tertiary/aromatic N) is 2. The predicted molar refractivity (Wildman–Crippen MR) is 93.0 cm³/mol. The molecule has 25 heavy (non-hydrogen) atoms. The molecule has 7 nitrogen and oxygen atoms in total. The summed E-state index contributed by atoms with van der Waals surface area (Å²) < 4.78 is 29.3. The maximum atomic E-state index is 12.0. The zero-order valence-electron chi connectivity index (χ0n) is 13.6. The first-order chi connectivity index (χ1) is 11.9. The summed E-state index contributed by atoms with van der Waals surface area (Å²) in [6, 6.07) is 9.76. The van der Waals surface area contributed by atoms with Crippen molar-refractivity contribution in [2.24, 2.45) is 5.14 Å². The third-order valence-corrected chi connectivity index (χ3v) is 5.97. The number of cyclic esters (lactones) is 1. The Balaban J connectivity index is 1.61. The van der Waals surface area contributed by atoms with Gasteiger partial charge in [-0.2, -0.15) is 12.7 Å². The highest BCUT2D eigenvalue weighted by Gasteiger charge is 2.25. The first-order valence-electron chi connectivity index (χ1n) is 8.14. The van der Waals surface area contributed by atoms with Crippen molar-refractivity contribution in [2.45, 2.75) is 13.2 Å². The minimum Gasteiger partial charge on any atom is -0.457 e. The van der Waals surface area contributed by atoms with Gasteiger partial charge in [0.2, 0.25) is 0 Å². The highest BCUT2D eigenvalue weighted by molar-refractivity contribution is 7.86. The number of piperazine rings is 1. The number of hydrogen-bond acceptors (Lipinski definition) is 5. The van der Waals surface area contributed by atoms with Crippen LogP contribution in [-0.2, 0) is 28.1 Å². The standard InChI is InChI=1S/C17H19N3O4S/c18-25(22,23)20-8-6-19(7-9-20)10-12-4-5-13-11-24-17(21)15-3-1-2-14(12)16(13)15/h1-5H,6-11H2,(H2,18,22,23). The van der Waals surface area contributed by atoms with Crippen LogP contribution in [0, 0.1) is 0 Å². The number of esters is 1. The fourth-order valence-corrected chi connectivity index (χ4v) is 4.24. The van der Waals surface area contributed by atoms with Crippen LogP contribution >= 0.6 is 0 Å². The van der Waals surface area contributed by atoms with E-state index in [0.717, 1.165) is 21.9 Å². The molecule has 1 saturated heterocycles. The number of benzene rings is 2. The second kappa shape index (κ2) is 6.06. The molecule has 2 aliphatic heterocycles. The second-order valence-electron chi connectivity index (χ2n) is 6.41. The van der Waals surface area contributed by atoms with Gasteiger partial charge in [-0.3, -0.25) is 4.90 Å². The minimum atomic E-state index is -3.61. The Kier molecular flexibility index (Phi) is 3.99. The number of hydrogen-bond donors (Lipinski definition) is 1. The maximum Gasteiger partial charge on any atom is 0.339 e. The fourth-order valence-electron chi connectivity index (χ4n) is 3.57. The second-order valence-corrected chi connectivity index (χ2v) is 7.95. The molecule has 0 radical (unpaired) electrons. The van der Waals surface area contributed by atoms with Gasteiger partial charge in [0.1, 0.15) is 6.61 Å². The summed E-state index contributed by atoms with van der Waals surface area (Å²) in [5.41, 5.74) is 2.76. The molecule has 0 aliphatic carbocycles. The lowest BCUT2D eigenvalue weighted by atomic mass is 9.94. The largest absolute Gasteiger partial charge is 0.457 e. The zero-order valence-corrected chi connectivity index (χ0v) is 14.5. The predicted octanol–water partition coefficient (Wildman–Crippen LogP) is 0.831. The van der Waals surface area contributed by atoms with Gasteiger partial charge in [0.05, 0.1) is 5.56 Å². The van der Waals surface area contributed by atoms with Crippen LogP contribution in [0.5, 0.6) is 0 Å². The Labute approximate surface area is 146 Å². The molecule has 4 rings (SSSR count). The number of ether oxygens (including phenoxy) is 1. The summed E-state index contributed by atoms with van der Waals surface area (Å²) in [4.78, 5) is 14.2. The van der Waals surface area contributed by atoms with E-state index in [1.165, 1.54) is 4.31 Å². The lowest BCUT2D eigenvalue weighted by molar-refractivity contribution is 0.0463. The minimum absolute atomic E-state index is 0.281. The number of carbonyl (C=O) groups is 1. The summed E-state index contributed by atoms with van der Waals surface area (Å²) in [7, 11) is -3.61. The molecule has 2 aromatic rings. The Hall–Kier alpha value is -2.00. The first-order valence-corrected chi connectivity index (χ1v) is 9.64. The van der Waals surface area contributed by atoms with Crippen LogP contribution in [0.1, 0.15) is 21.5 Å². The van der Waals surface area contributed by atoms with Gasteiger partial charge < -0.3 is 4.74 Å². The molecule has 0 bridgehead atoms. The molecular weight excluding hydrogens is 342 g/mol.